The van der Waals surface area contributed by atoms with E-state index in [2.05, 4.69) is 9.46 Å². The van der Waals surface area contributed by atoms with Crippen LogP contribution in [0.3, 0.4) is 0 Å². The molecule has 0 radical (unpaired) electrons. The number of rotatable bonds is 6. The molecule has 0 aliphatic carbocycles. The van der Waals surface area contributed by atoms with Gasteiger partial charge < -0.3 is 10.5 Å². The highest BCUT2D eigenvalue weighted by molar-refractivity contribution is 7.89. The molecular formula is C10H13F3N2O3S. The summed E-state index contributed by atoms with van der Waals surface area (Å²) in [5.74, 6) is -1.91. The molecule has 0 fully saturated rings. The van der Waals surface area contributed by atoms with Crippen LogP contribution in [0.4, 0.5) is 13.2 Å². The zero-order valence-electron chi connectivity index (χ0n) is 9.94. The number of hydrogen-bond donors (Lipinski definition) is 2. The minimum Gasteiger partial charge on any atom is -0.432 e. The zero-order chi connectivity index (χ0) is 14.6. The molecule has 1 aromatic carbocycles. The van der Waals surface area contributed by atoms with Gasteiger partial charge in [0, 0.05) is 12.6 Å². The molecule has 0 unspecified atom stereocenters. The van der Waals surface area contributed by atoms with Gasteiger partial charge in [0.1, 0.15) is 0 Å². The summed E-state index contributed by atoms with van der Waals surface area (Å²) in [5.41, 5.74) is 5.26. The normalized spacial score (nSPS) is 13.6. The average molecular weight is 298 g/mol. The Morgan fingerprint density at radius 3 is 2.53 bits per heavy atom. The van der Waals surface area contributed by atoms with Crippen LogP contribution in [0.2, 0.25) is 0 Å². The van der Waals surface area contributed by atoms with E-state index in [1.807, 2.05) is 0 Å². The topological polar surface area (TPSA) is 81.4 Å². The second kappa shape index (κ2) is 6.22. The van der Waals surface area contributed by atoms with Crippen LogP contribution in [-0.2, 0) is 10.0 Å². The maximum Gasteiger partial charge on any atom is 0.387 e. The number of alkyl halides is 2. The maximum absolute atomic E-state index is 13.4. The van der Waals surface area contributed by atoms with Gasteiger partial charge in [0.25, 0.3) is 0 Å². The first kappa shape index (κ1) is 15.7. The van der Waals surface area contributed by atoms with E-state index in [0.29, 0.717) is 6.07 Å². The Labute approximate surface area is 108 Å². The highest BCUT2D eigenvalue weighted by atomic mass is 32.2. The van der Waals surface area contributed by atoms with Crippen LogP contribution in [0.25, 0.3) is 0 Å². The molecule has 9 heteroatoms. The van der Waals surface area contributed by atoms with E-state index >= 15 is 0 Å². The van der Waals surface area contributed by atoms with Gasteiger partial charge in [0.2, 0.25) is 10.0 Å². The SMILES string of the molecule is C[C@@H](CN)NS(=O)(=O)c1ccc(OC(F)F)c(F)c1. The number of nitrogens with two attached hydrogens (primary N) is 1. The first-order valence-electron chi connectivity index (χ1n) is 5.23. The summed E-state index contributed by atoms with van der Waals surface area (Å²) in [4.78, 5) is -0.396. The molecule has 19 heavy (non-hydrogen) atoms. The van der Waals surface area contributed by atoms with E-state index in [1.54, 1.807) is 0 Å². The highest BCUT2D eigenvalue weighted by Gasteiger charge is 2.19. The van der Waals surface area contributed by atoms with Gasteiger partial charge in [-0.2, -0.15) is 8.78 Å². The van der Waals surface area contributed by atoms with Gasteiger partial charge in [0.05, 0.1) is 4.90 Å². The maximum atomic E-state index is 13.4. The van der Waals surface area contributed by atoms with Crippen LogP contribution in [-0.4, -0.2) is 27.6 Å². The third-order valence-electron chi connectivity index (χ3n) is 2.14. The molecule has 1 aromatic rings. The monoisotopic (exact) mass is 298 g/mol. The van der Waals surface area contributed by atoms with Crippen LogP contribution in [0.5, 0.6) is 5.75 Å². The van der Waals surface area contributed by atoms with Crippen LogP contribution in [0, 0.1) is 5.82 Å². The molecule has 5 nitrogen and oxygen atoms in total. The molecule has 0 aromatic heterocycles. The Bertz CT molecular complexity index is 537. The molecule has 1 atom stereocenters. The van der Waals surface area contributed by atoms with Crippen molar-refractivity contribution in [3.05, 3.63) is 24.0 Å². The molecule has 0 bridgehead atoms. The fourth-order valence-corrected chi connectivity index (χ4v) is 2.49. The Morgan fingerprint density at radius 1 is 1.42 bits per heavy atom. The Kier molecular flexibility index (Phi) is 5.15. The van der Waals surface area contributed by atoms with E-state index in [4.69, 9.17) is 5.73 Å². The summed E-state index contributed by atoms with van der Waals surface area (Å²) in [6, 6.07) is 1.85. The zero-order valence-corrected chi connectivity index (χ0v) is 10.8. The molecule has 0 spiro atoms. The second-order valence-electron chi connectivity index (χ2n) is 3.73. The minimum absolute atomic E-state index is 0.0638. The fourth-order valence-electron chi connectivity index (χ4n) is 1.22. The van der Waals surface area contributed by atoms with E-state index in [0.717, 1.165) is 12.1 Å². The van der Waals surface area contributed by atoms with Gasteiger partial charge in [-0.1, -0.05) is 0 Å². The number of sulfonamides is 1. The first-order valence-corrected chi connectivity index (χ1v) is 6.71. The lowest BCUT2D eigenvalue weighted by molar-refractivity contribution is -0.0522. The third kappa shape index (κ3) is 4.37. The van der Waals surface area contributed by atoms with Crippen LogP contribution < -0.4 is 15.2 Å². The first-order chi connectivity index (χ1) is 8.76. The van der Waals surface area contributed by atoms with Crippen molar-refractivity contribution in [3.63, 3.8) is 0 Å². The van der Waals surface area contributed by atoms with Crippen LogP contribution >= 0.6 is 0 Å². The fraction of sp³-hybridized carbons (Fsp3) is 0.400. The van der Waals surface area contributed by atoms with Gasteiger partial charge in [-0.25, -0.2) is 17.5 Å². The molecule has 3 N–H and O–H groups in total. The van der Waals surface area contributed by atoms with E-state index in [9.17, 15) is 21.6 Å². The summed E-state index contributed by atoms with van der Waals surface area (Å²) < 4.78 is 66.8. The Balaban J connectivity index is 3.00. The summed E-state index contributed by atoms with van der Waals surface area (Å²) >= 11 is 0. The Hall–Kier alpha value is -1.32. The highest BCUT2D eigenvalue weighted by Crippen LogP contribution is 2.22. The van der Waals surface area contributed by atoms with E-state index in [1.165, 1.54) is 6.92 Å². The summed E-state index contributed by atoms with van der Waals surface area (Å²) in [6.45, 7) is -1.59. The van der Waals surface area contributed by atoms with Crippen molar-refractivity contribution < 1.29 is 26.3 Å². The smallest absolute Gasteiger partial charge is 0.387 e. The van der Waals surface area contributed by atoms with E-state index in [-0.39, 0.29) is 6.54 Å². The molecule has 0 saturated carbocycles. The van der Waals surface area contributed by atoms with Crippen molar-refractivity contribution in [3.8, 4) is 5.75 Å². The molecule has 0 heterocycles. The summed E-state index contributed by atoms with van der Waals surface area (Å²) in [5, 5.41) is 0. The van der Waals surface area contributed by atoms with Crippen molar-refractivity contribution >= 4 is 10.0 Å². The largest absolute Gasteiger partial charge is 0.432 e. The quantitative estimate of drug-likeness (QED) is 0.822. The van der Waals surface area contributed by atoms with Gasteiger partial charge in [-0.15, -0.1) is 0 Å². The molecule has 0 aliphatic heterocycles. The number of hydrogen-bond acceptors (Lipinski definition) is 4. The van der Waals surface area contributed by atoms with Gasteiger partial charge >= 0.3 is 6.61 Å². The predicted octanol–water partition coefficient (Wildman–Crippen LogP) is 1.05. The van der Waals surface area contributed by atoms with Crippen molar-refractivity contribution in [2.24, 2.45) is 5.73 Å². The number of halogens is 3. The summed E-state index contributed by atoms with van der Waals surface area (Å²) in [7, 11) is -3.95. The number of nitrogens with one attached hydrogen (secondary N) is 1. The molecule has 108 valence electrons. The lowest BCUT2D eigenvalue weighted by Gasteiger charge is -2.13. The average Bonchev–Trinajstić information content (AvgIpc) is 2.30. The lowest BCUT2D eigenvalue weighted by atomic mass is 10.3. The van der Waals surface area contributed by atoms with Gasteiger partial charge in [0.15, 0.2) is 11.6 Å². The van der Waals surface area contributed by atoms with Crippen molar-refractivity contribution in [1.29, 1.82) is 0 Å². The molecule has 0 amide bonds. The van der Waals surface area contributed by atoms with Crippen molar-refractivity contribution in [2.75, 3.05) is 6.54 Å². The standard InChI is InChI=1S/C10H13F3N2O3S/c1-6(5-14)15-19(16,17)7-2-3-9(8(11)4-7)18-10(12)13/h2-4,6,10,15H,5,14H2,1H3/t6-/m0/s1. The molecule has 1 rings (SSSR count). The van der Waals surface area contributed by atoms with Crippen molar-refractivity contribution in [2.45, 2.75) is 24.5 Å². The number of benzene rings is 1. The van der Waals surface area contributed by atoms with Crippen LogP contribution in [0.1, 0.15) is 6.92 Å². The predicted molar refractivity (Wildman–Crippen MR) is 61.9 cm³/mol. The molecule has 0 saturated heterocycles. The Morgan fingerprint density at radius 2 is 2.05 bits per heavy atom. The van der Waals surface area contributed by atoms with E-state index < -0.39 is 39.1 Å². The van der Waals surface area contributed by atoms with Crippen molar-refractivity contribution in [1.82, 2.24) is 4.72 Å². The second-order valence-corrected chi connectivity index (χ2v) is 5.44. The minimum atomic E-state index is -3.95. The summed E-state index contributed by atoms with van der Waals surface area (Å²) in [6.07, 6.45) is 0. The molecule has 0 aliphatic rings. The van der Waals surface area contributed by atoms with Gasteiger partial charge in [-0.05, 0) is 25.1 Å². The number of ether oxygens (including phenoxy) is 1. The molecular weight excluding hydrogens is 285 g/mol. The lowest BCUT2D eigenvalue weighted by Crippen LogP contribution is -2.37. The van der Waals surface area contributed by atoms with Gasteiger partial charge in [-0.3, -0.25) is 0 Å². The third-order valence-corrected chi connectivity index (χ3v) is 3.73. The van der Waals surface area contributed by atoms with Crippen LogP contribution in [0.15, 0.2) is 23.1 Å².